The summed E-state index contributed by atoms with van der Waals surface area (Å²) in [6.07, 6.45) is 3.01. The van der Waals surface area contributed by atoms with Gasteiger partial charge in [-0.1, -0.05) is 22.0 Å². The van der Waals surface area contributed by atoms with Crippen molar-refractivity contribution in [2.75, 3.05) is 13.1 Å². The molecule has 3 rings (SSSR count). The highest BCUT2D eigenvalue weighted by Gasteiger charge is 2.27. The van der Waals surface area contributed by atoms with E-state index in [0.29, 0.717) is 31.6 Å². The quantitative estimate of drug-likeness (QED) is 0.888. The number of primary amides is 1. The van der Waals surface area contributed by atoms with Gasteiger partial charge in [0.15, 0.2) is 5.69 Å². The Hall–Kier alpha value is -2.15. The molecule has 0 bridgehead atoms. The Balaban J connectivity index is 1.71. The van der Waals surface area contributed by atoms with Crippen LogP contribution in [0.2, 0.25) is 0 Å². The van der Waals surface area contributed by atoms with Gasteiger partial charge >= 0.3 is 0 Å². The van der Waals surface area contributed by atoms with Gasteiger partial charge in [0, 0.05) is 29.7 Å². The van der Waals surface area contributed by atoms with E-state index in [1.165, 1.54) is 0 Å². The summed E-state index contributed by atoms with van der Waals surface area (Å²) in [6, 6.07) is 9.41. The largest absolute Gasteiger partial charge is 0.369 e. The number of hydrogen-bond donors (Lipinski definition) is 1. The van der Waals surface area contributed by atoms with Gasteiger partial charge in [-0.05, 0) is 37.1 Å². The fourth-order valence-corrected chi connectivity index (χ4v) is 3.12. The van der Waals surface area contributed by atoms with E-state index in [1.54, 1.807) is 21.8 Å². The molecule has 0 atom stereocenters. The molecule has 1 aliphatic heterocycles. The van der Waals surface area contributed by atoms with Crippen molar-refractivity contribution in [3.63, 3.8) is 0 Å². The highest BCUT2D eigenvalue weighted by Crippen LogP contribution is 2.19. The SMILES string of the molecule is NC(=O)C1CCN(C(=O)c2ccn(-c3cccc(Br)c3)n2)CC1. The minimum absolute atomic E-state index is 0.110. The van der Waals surface area contributed by atoms with Gasteiger partial charge in [0.1, 0.15) is 0 Å². The molecule has 0 radical (unpaired) electrons. The highest BCUT2D eigenvalue weighted by atomic mass is 79.9. The van der Waals surface area contributed by atoms with Crippen molar-refractivity contribution >= 4 is 27.7 Å². The van der Waals surface area contributed by atoms with E-state index < -0.39 is 0 Å². The first-order chi connectivity index (χ1) is 11.0. The van der Waals surface area contributed by atoms with Gasteiger partial charge in [0.05, 0.1) is 5.69 Å². The minimum Gasteiger partial charge on any atom is -0.369 e. The molecule has 2 amide bonds. The van der Waals surface area contributed by atoms with E-state index in [1.807, 2.05) is 24.3 Å². The molecule has 120 valence electrons. The number of hydrogen-bond acceptors (Lipinski definition) is 3. The third-order valence-corrected chi connectivity index (χ3v) is 4.56. The lowest BCUT2D eigenvalue weighted by Crippen LogP contribution is -2.41. The number of likely N-dealkylation sites (tertiary alicyclic amines) is 1. The topological polar surface area (TPSA) is 81.2 Å². The van der Waals surface area contributed by atoms with Crippen LogP contribution in [0.15, 0.2) is 41.0 Å². The van der Waals surface area contributed by atoms with Crippen LogP contribution in [0.25, 0.3) is 5.69 Å². The summed E-state index contributed by atoms with van der Waals surface area (Å²) in [4.78, 5) is 25.4. The number of amides is 2. The summed E-state index contributed by atoms with van der Waals surface area (Å²) in [6.45, 7) is 1.08. The summed E-state index contributed by atoms with van der Waals surface area (Å²) in [5.41, 5.74) is 6.60. The van der Waals surface area contributed by atoms with Crippen LogP contribution in [0.5, 0.6) is 0 Å². The Morgan fingerprint density at radius 2 is 1.96 bits per heavy atom. The van der Waals surface area contributed by atoms with Crippen molar-refractivity contribution in [2.24, 2.45) is 11.7 Å². The number of piperidine rings is 1. The number of rotatable bonds is 3. The predicted octanol–water partition coefficient (Wildman–Crippen LogP) is 1.97. The normalized spacial score (nSPS) is 15.6. The second kappa shape index (κ2) is 6.54. The summed E-state index contributed by atoms with van der Waals surface area (Å²) < 4.78 is 2.63. The lowest BCUT2D eigenvalue weighted by atomic mass is 9.96. The van der Waals surface area contributed by atoms with Crippen LogP contribution in [0, 0.1) is 5.92 Å². The molecule has 23 heavy (non-hydrogen) atoms. The van der Waals surface area contributed by atoms with E-state index in [4.69, 9.17) is 5.73 Å². The second-order valence-electron chi connectivity index (χ2n) is 5.59. The lowest BCUT2D eigenvalue weighted by Gasteiger charge is -2.29. The summed E-state index contributed by atoms with van der Waals surface area (Å²) >= 11 is 3.42. The van der Waals surface area contributed by atoms with Gasteiger partial charge < -0.3 is 10.6 Å². The molecule has 0 unspecified atom stereocenters. The van der Waals surface area contributed by atoms with Gasteiger partial charge in [0.25, 0.3) is 5.91 Å². The fourth-order valence-electron chi connectivity index (χ4n) is 2.73. The van der Waals surface area contributed by atoms with Gasteiger partial charge in [-0.25, -0.2) is 4.68 Å². The van der Waals surface area contributed by atoms with Crippen molar-refractivity contribution < 1.29 is 9.59 Å². The molecule has 2 heterocycles. The molecule has 7 heteroatoms. The molecule has 0 spiro atoms. The van der Waals surface area contributed by atoms with E-state index >= 15 is 0 Å². The van der Waals surface area contributed by atoms with Gasteiger partial charge in [-0.15, -0.1) is 0 Å². The lowest BCUT2D eigenvalue weighted by molar-refractivity contribution is -0.123. The molecule has 2 N–H and O–H groups in total. The monoisotopic (exact) mass is 376 g/mol. The van der Waals surface area contributed by atoms with Crippen LogP contribution in [0.4, 0.5) is 0 Å². The van der Waals surface area contributed by atoms with E-state index in [0.717, 1.165) is 10.2 Å². The van der Waals surface area contributed by atoms with Crippen molar-refractivity contribution in [1.82, 2.24) is 14.7 Å². The van der Waals surface area contributed by atoms with Crippen LogP contribution < -0.4 is 5.73 Å². The number of nitrogens with two attached hydrogens (primary N) is 1. The van der Waals surface area contributed by atoms with Crippen molar-refractivity contribution in [3.05, 3.63) is 46.7 Å². The highest BCUT2D eigenvalue weighted by molar-refractivity contribution is 9.10. The molecule has 0 aliphatic carbocycles. The molecule has 6 nitrogen and oxygen atoms in total. The number of carbonyl (C=O) groups is 2. The standard InChI is InChI=1S/C16H17BrN4O2/c17-12-2-1-3-13(10-12)21-9-6-14(19-21)16(23)20-7-4-11(5-8-20)15(18)22/h1-3,6,9-11H,4-5,7-8H2,(H2,18,22). The first-order valence-corrected chi connectivity index (χ1v) is 8.24. The van der Waals surface area contributed by atoms with Crippen molar-refractivity contribution in [1.29, 1.82) is 0 Å². The van der Waals surface area contributed by atoms with Gasteiger partial charge in [-0.2, -0.15) is 5.10 Å². The van der Waals surface area contributed by atoms with Crippen LogP contribution in [-0.2, 0) is 4.79 Å². The van der Waals surface area contributed by atoms with Gasteiger partial charge in [-0.3, -0.25) is 9.59 Å². The summed E-state index contributed by atoms with van der Waals surface area (Å²) in [5.74, 6) is -0.518. The van der Waals surface area contributed by atoms with E-state index in [9.17, 15) is 9.59 Å². The summed E-state index contributed by atoms with van der Waals surface area (Å²) in [7, 11) is 0. The molecule has 1 aromatic carbocycles. The zero-order chi connectivity index (χ0) is 16.4. The number of nitrogens with zero attached hydrogens (tertiary/aromatic N) is 3. The van der Waals surface area contributed by atoms with Crippen molar-refractivity contribution in [2.45, 2.75) is 12.8 Å². The Morgan fingerprint density at radius 3 is 2.61 bits per heavy atom. The smallest absolute Gasteiger partial charge is 0.274 e. The predicted molar refractivity (Wildman–Crippen MR) is 89.1 cm³/mol. The Kier molecular flexibility index (Phi) is 4.47. The van der Waals surface area contributed by atoms with Crippen LogP contribution >= 0.6 is 15.9 Å². The molecular weight excluding hydrogens is 360 g/mol. The average Bonchev–Trinajstić information content (AvgIpc) is 3.04. The second-order valence-corrected chi connectivity index (χ2v) is 6.51. The number of carbonyl (C=O) groups excluding carboxylic acids is 2. The first-order valence-electron chi connectivity index (χ1n) is 7.45. The van der Waals surface area contributed by atoms with Crippen LogP contribution in [0.3, 0.4) is 0 Å². The zero-order valence-electron chi connectivity index (χ0n) is 12.5. The molecule has 1 aromatic heterocycles. The minimum atomic E-state index is -0.281. The van der Waals surface area contributed by atoms with Gasteiger partial charge in [0.2, 0.25) is 5.91 Å². The fraction of sp³-hybridized carbons (Fsp3) is 0.312. The molecule has 1 fully saturated rings. The maximum absolute atomic E-state index is 12.5. The molecular formula is C16H17BrN4O2. The Morgan fingerprint density at radius 1 is 1.22 bits per heavy atom. The third-order valence-electron chi connectivity index (χ3n) is 4.07. The van der Waals surface area contributed by atoms with E-state index in [2.05, 4.69) is 21.0 Å². The molecule has 0 saturated carbocycles. The maximum atomic E-state index is 12.5. The maximum Gasteiger partial charge on any atom is 0.274 e. The Labute approximate surface area is 142 Å². The molecule has 2 aromatic rings. The molecule has 1 aliphatic rings. The summed E-state index contributed by atoms with van der Waals surface area (Å²) in [5, 5.41) is 4.36. The number of aromatic nitrogens is 2. The third kappa shape index (κ3) is 3.44. The average molecular weight is 377 g/mol. The van der Waals surface area contributed by atoms with E-state index in [-0.39, 0.29) is 17.7 Å². The first kappa shape index (κ1) is 15.7. The molecule has 1 saturated heterocycles. The Bertz CT molecular complexity index is 735. The van der Waals surface area contributed by atoms with Crippen molar-refractivity contribution in [3.8, 4) is 5.69 Å². The number of benzene rings is 1. The van der Waals surface area contributed by atoms with Crippen LogP contribution in [0.1, 0.15) is 23.3 Å². The van der Waals surface area contributed by atoms with Crippen LogP contribution in [-0.4, -0.2) is 39.6 Å². The number of halogens is 1. The zero-order valence-corrected chi connectivity index (χ0v) is 14.1.